The van der Waals surface area contributed by atoms with Gasteiger partial charge in [-0.3, -0.25) is 4.79 Å². The van der Waals surface area contributed by atoms with Crippen molar-refractivity contribution in [1.29, 1.82) is 0 Å². The van der Waals surface area contributed by atoms with Gasteiger partial charge in [0.2, 0.25) is 0 Å². The molecular weight excluding hydrogens is 347 g/mol. The highest BCUT2D eigenvalue weighted by Gasteiger charge is 2.63. The van der Waals surface area contributed by atoms with Crippen molar-refractivity contribution in [1.82, 2.24) is 4.98 Å². The number of aliphatic hydroxyl groups is 1. The van der Waals surface area contributed by atoms with Crippen LogP contribution in [-0.4, -0.2) is 27.8 Å². The van der Waals surface area contributed by atoms with Crippen LogP contribution in [0.2, 0.25) is 0 Å². The van der Waals surface area contributed by atoms with Gasteiger partial charge < -0.3 is 14.8 Å². The van der Waals surface area contributed by atoms with Crippen molar-refractivity contribution in [3.05, 3.63) is 71.4 Å². The van der Waals surface area contributed by atoms with Crippen LogP contribution in [0.3, 0.4) is 0 Å². The SMILES string of the molecule is O=C1C(=Cc2c[nH]c3ccccc23)C(O)(C(F)(F)F)Oc2ccccc21. The van der Waals surface area contributed by atoms with Crippen molar-refractivity contribution < 1.29 is 27.8 Å². The molecule has 2 aromatic carbocycles. The molecule has 1 atom stereocenters. The number of carbonyl (C=O) groups excluding carboxylic acids is 1. The highest BCUT2D eigenvalue weighted by atomic mass is 19.4. The third-order valence-electron chi connectivity index (χ3n) is 4.30. The number of alkyl halides is 3. The van der Waals surface area contributed by atoms with E-state index in [2.05, 4.69) is 4.98 Å². The van der Waals surface area contributed by atoms with E-state index in [9.17, 15) is 23.1 Å². The summed E-state index contributed by atoms with van der Waals surface area (Å²) in [5.41, 5.74) is 0.120. The summed E-state index contributed by atoms with van der Waals surface area (Å²) in [6, 6.07) is 12.5. The number of ketones is 1. The van der Waals surface area contributed by atoms with Crippen molar-refractivity contribution >= 4 is 22.8 Å². The number of hydrogen-bond acceptors (Lipinski definition) is 3. The van der Waals surface area contributed by atoms with Gasteiger partial charge in [0, 0.05) is 22.7 Å². The molecule has 2 heterocycles. The van der Waals surface area contributed by atoms with E-state index < -0.39 is 23.3 Å². The molecule has 7 heteroatoms. The van der Waals surface area contributed by atoms with Gasteiger partial charge in [-0.25, -0.2) is 0 Å². The molecule has 0 bridgehead atoms. The molecule has 26 heavy (non-hydrogen) atoms. The van der Waals surface area contributed by atoms with Crippen molar-refractivity contribution in [2.24, 2.45) is 0 Å². The molecule has 0 spiro atoms. The number of para-hydroxylation sites is 2. The average Bonchev–Trinajstić information content (AvgIpc) is 3.01. The number of aromatic amines is 1. The Morgan fingerprint density at radius 3 is 2.54 bits per heavy atom. The predicted octanol–water partition coefficient (Wildman–Crippen LogP) is 4.08. The Labute approximate surface area is 145 Å². The minimum Gasteiger partial charge on any atom is -0.449 e. The molecule has 4 nitrogen and oxygen atoms in total. The van der Waals surface area contributed by atoms with E-state index in [-0.39, 0.29) is 11.3 Å². The molecule has 4 rings (SSSR count). The number of fused-ring (bicyclic) bond motifs is 2. The average molecular weight is 359 g/mol. The Kier molecular flexibility index (Phi) is 3.45. The number of aromatic nitrogens is 1. The number of ether oxygens (including phenoxy) is 1. The van der Waals surface area contributed by atoms with Crippen LogP contribution in [0.4, 0.5) is 13.2 Å². The van der Waals surface area contributed by atoms with Gasteiger partial charge in [0.1, 0.15) is 5.75 Å². The van der Waals surface area contributed by atoms with Crippen LogP contribution < -0.4 is 4.74 Å². The van der Waals surface area contributed by atoms with E-state index in [0.29, 0.717) is 16.5 Å². The van der Waals surface area contributed by atoms with Gasteiger partial charge in [-0.15, -0.1) is 0 Å². The van der Waals surface area contributed by atoms with E-state index in [0.717, 1.165) is 6.08 Å². The van der Waals surface area contributed by atoms with Crippen LogP contribution in [0, 0.1) is 0 Å². The Bertz CT molecular complexity index is 1050. The lowest BCUT2D eigenvalue weighted by atomic mass is 9.90. The third-order valence-corrected chi connectivity index (χ3v) is 4.30. The van der Waals surface area contributed by atoms with Gasteiger partial charge in [-0.1, -0.05) is 30.3 Å². The second-order valence-corrected chi connectivity index (χ2v) is 5.92. The Hall–Kier alpha value is -3.06. The Morgan fingerprint density at radius 1 is 1.08 bits per heavy atom. The molecular formula is C19H12F3NO3. The molecule has 0 aliphatic carbocycles. The van der Waals surface area contributed by atoms with Crippen molar-refractivity contribution in [3.63, 3.8) is 0 Å². The van der Waals surface area contributed by atoms with Gasteiger partial charge in [0.05, 0.1) is 11.1 Å². The normalized spacial score (nSPS) is 21.7. The highest BCUT2D eigenvalue weighted by Crippen LogP contribution is 2.45. The second kappa shape index (κ2) is 5.47. The largest absolute Gasteiger partial charge is 0.460 e. The number of benzene rings is 2. The van der Waals surface area contributed by atoms with Crippen LogP contribution in [0.15, 0.2) is 60.3 Å². The third kappa shape index (κ3) is 2.32. The summed E-state index contributed by atoms with van der Waals surface area (Å²) < 4.78 is 45.7. The standard InChI is InChI=1S/C19H12F3NO3/c20-19(21,22)18(25)14(17(24)13-6-2-4-8-16(13)26-18)9-11-10-23-15-7-3-1-5-12(11)15/h1-10,23,25H. The number of hydrogen-bond donors (Lipinski definition) is 2. The molecule has 0 fully saturated rings. The van der Waals surface area contributed by atoms with Gasteiger partial charge >= 0.3 is 12.0 Å². The maximum Gasteiger partial charge on any atom is 0.460 e. The summed E-state index contributed by atoms with van der Waals surface area (Å²) in [5, 5.41) is 10.9. The summed E-state index contributed by atoms with van der Waals surface area (Å²) in [6.45, 7) is 0. The summed E-state index contributed by atoms with van der Waals surface area (Å²) in [7, 11) is 0. The second-order valence-electron chi connectivity index (χ2n) is 5.92. The fourth-order valence-corrected chi connectivity index (χ4v) is 3.00. The molecule has 3 aromatic rings. The fourth-order valence-electron chi connectivity index (χ4n) is 3.00. The molecule has 132 valence electrons. The first-order valence-electron chi connectivity index (χ1n) is 7.71. The lowest BCUT2D eigenvalue weighted by Gasteiger charge is -2.36. The van der Waals surface area contributed by atoms with Gasteiger partial charge in [-0.2, -0.15) is 13.2 Å². The maximum absolute atomic E-state index is 13.6. The molecule has 0 radical (unpaired) electrons. The quantitative estimate of drug-likeness (QED) is 0.644. The first-order chi connectivity index (χ1) is 12.3. The number of nitrogens with one attached hydrogen (secondary N) is 1. The zero-order valence-electron chi connectivity index (χ0n) is 13.2. The minimum absolute atomic E-state index is 0.0347. The van der Waals surface area contributed by atoms with Crippen LogP contribution in [0.5, 0.6) is 5.75 Å². The van der Waals surface area contributed by atoms with Gasteiger partial charge in [0.15, 0.2) is 5.78 Å². The summed E-state index contributed by atoms with van der Waals surface area (Å²) in [5.74, 6) is -4.97. The first kappa shape index (κ1) is 16.4. The molecule has 0 saturated heterocycles. The number of Topliss-reactive ketones (excluding diaryl/α,β-unsaturated/α-hetero) is 1. The minimum atomic E-state index is -5.20. The van der Waals surface area contributed by atoms with Gasteiger partial charge in [0.25, 0.3) is 0 Å². The van der Waals surface area contributed by atoms with E-state index in [1.54, 1.807) is 24.3 Å². The molecule has 0 saturated carbocycles. The molecule has 1 aliphatic heterocycles. The Balaban J connectivity index is 1.96. The van der Waals surface area contributed by atoms with Crippen LogP contribution >= 0.6 is 0 Å². The molecule has 1 aromatic heterocycles. The van der Waals surface area contributed by atoms with E-state index in [4.69, 9.17) is 4.74 Å². The molecule has 1 aliphatic rings. The summed E-state index contributed by atoms with van der Waals surface area (Å²) in [6.07, 6.45) is -2.71. The van der Waals surface area contributed by atoms with E-state index in [1.165, 1.54) is 30.5 Å². The number of carbonyl (C=O) groups is 1. The van der Waals surface area contributed by atoms with E-state index in [1.807, 2.05) is 0 Å². The number of H-pyrrole nitrogens is 1. The fraction of sp³-hybridized carbons (Fsp3) is 0.105. The Morgan fingerprint density at radius 2 is 1.77 bits per heavy atom. The zero-order valence-corrected chi connectivity index (χ0v) is 13.2. The lowest BCUT2D eigenvalue weighted by molar-refractivity contribution is -0.315. The molecule has 0 amide bonds. The van der Waals surface area contributed by atoms with E-state index >= 15 is 0 Å². The summed E-state index contributed by atoms with van der Waals surface area (Å²) in [4.78, 5) is 15.6. The van der Waals surface area contributed by atoms with Crippen LogP contribution in [-0.2, 0) is 0 Å². The van der Waals surface area contributed by atoms with Gasteiger partial charge in [-0.05, 0) is 24.3 Å². The van der Waals surface area contributed by atoms with Crippen LogP contribution in [0.1, 0.15) is 15.9 Å². The maximum atomic E-state index is 13.6. The topological polar surface area (TPSA) is 62.3 Å². The van der Waals surface area contributed by atoms with Crippen molar-refractivity contribution in [2.75, 3.05) is 0 Å². The highest BCUT2D eigenvalue weighted by molar-refractivity contribution is 6.15. The van der Waals surface area contributed by atoms with Crippen molar-refractivity contribution in [3.8, 4) is 5.75 Å². The smallest absolute Gasteiger partial charge is 0.449 e. The summed E-state index contributed by atoms with van der Waals surface area (Å²) >= 11 is 0. The lowest BCUT2D eigenvalue weighted by Crippen LogP contribution is -2.55. The first-order valence-corrected chi connectivity index (χ1v) is 7.71. The number of halogens is 3. The molecule has 2 N–H and O–H groups in total. The predicted molar refractivity (Wildman–Crippen MR) is 88.7 cm³/mol. The number of rotatable bonds is 1. The van der Waals surface area contributed by atoms with Crippen molar-refractivity contribution in [2.45, 2.75) is 12.0 Å². The zero-order chi connectivity index (χ0) is 18.5. The monoisotopic (exact) mass is 359 g/mol. The molecule has 1 unspecified atom stereocenters. The van der Waals surface area contributed by atoms with Crippen LogP contribution in [0.25, 0.3) is 17.0 Å².